The van der Waals surface area contributed by atoms with Gasteiger partial charge in [0.15, 0.2) is 5.41 Å². The van der Waals surface area contributed by atoms with Gasteiger partial charge in [0.1, 0.15) is 0 Å². The summed E-state index contributed by atoms with van der Waals surface area (Å²) in [7, 11) is 1.14. The van der Waals surface area contributed by atoms with Crippen molar-refractivity contribution in [2.75, 3.05) is 7.11 Å². The first-order valence-corrected chi connectivity index (χ1v) is 4.41. The van der Waals surface area contributed by atoms with Crippen molar-refractivity contribution in [3.8, 4) is 12.3 Å². The average Bonchev–Trinajstić information content (AvgIpc) is 2.22. The molecular formula is C11H14O4. The largest absolute Gasteiger partial charge is 0.480 e. The molecule has 0 amide bonds. The smallest absolute Gasteiger partial charge is 0.324 e. The van der Waals surface area contributed by atoms with E-state index in [0.717, 1.165) is 7.11 Å². The molecule has 1 N–H and O–H groups in total. The van der Waals surface area contributed by atoms with E-state index in [2.05, 4.69) is 17.2 Å². The van der Waals surface area contributed by atoms with Gasteiger partial charge in [0, 0.05) is 6.42 Å². The van der Waals surface area contributed by atoms with Crippen molar-refractivity contribution < 1.29 is 19.4 Å². The Morgan fingerprint density at radius 3 is 2.60 bits per heavy atom. The van der Waals surface area contributed by atoms with Crippen molar-refractivity contribution in [2.24, 2.45) is 5.41 Å². The fourth-order valence-electron chi connectivity index (χ4n) is 1.25. The maximum atomic E-state index is 11.4. The number of methoxy groups -OCH3 is 1. The second-order valence-corrected chi connectivity index (χ2v) is 3.09. The number of aliphatic carboxylic acids is 1. The van der Waals surface area contributed by atoms with Gasteiger partial charge in [-0.25, -0.2) is 0 Å². The highest BCUT2D eigenvalue weighted by Crippen LogP contribution is 2.30. The quantitative estimate of drug-likeness (QED) is 0.310. The van der Waals surface area contributed by atoms with Gasteiger partial charge in [-0.05, 0) is 12.8 Å². The molecule has 15 heavy (non-hydrogen) atoms. The first-order valence-electron chi connectivity index (χ1n) is 4.41. The molecule has 0 spiro atoms. The SMILES string of the molecule is C#CCC(CCC=C)(C(=O)O)C(=O)OC. The minimum atomic E-state index is -1.64. The van der Waals surface area contributed by atoms with Crippen LogP contribution in [0.1, 0.15) is 19.3 Å². The Balaban J connectivity index is 5.07. The summed E-state index contributed by atoms with van der Waals surface area (Å²) in [4.78, 5) is 22.5. The van der Waals surface area contributed by atoms with Crippen molar-refractivity contribution in [2.45, 2.75) is 19.3 Å². The molecule has 0 saturated carbocycles. The van der Waals surface area contributed by atoms with Crippen LogP contribution in [0.2, 0.25) is 0 Å². The number of carboxylic acids is 1. The number of ether oxygens (including phenoxy) is 1. The summed E-state index contributed by atoms with van der Waals surface area (Å²) in [5.41, 5.74) is -1.64. The zero-order chi connectivity index (χ0) is 11.9. The van der Waals surface area contributed by atoms with E-state index in [1.165, 1.54) is 6.08 Å². The molecule has 4 nitrogen and oxygen atoms in total. The minimum Gasteiger partial charge on any atom is -0.480 e. The lowest BCUT2D eigenvalue weighted by Crippen LogP contribution is -2.40. The van der Waals surface area contributed by atoms with E-state index in [1.807, 2.05) is 0 Å². The monoisotopic (exact) mass is 210 g/mol. The van der Waals surface area contributed by atoms with Gasteiger partial charge in [-0.15, -0.1) is 18.9 Å². The first-order chi connectivity index (χ1) is 7.05. The topological polar surface area (TPSA) is 63.6 Å². The predicted molar refractivity (Wildman–Crippen MR) is 55.0 cm³/mol. The van der Waals surface area contributed by atoms with Crippen LogP contribution in [0.4, 0.5) is 0 Å². The lowest BCUT2D eigenvalue weighted by molar-refractivity contribution is -0.167. The van der Waals surface area contributed by atoms with Crippen molar-refractivity contribution in [1.82, 2.24) is 0 Å². The lowest BCUT2D eigenvalue weighted by atomic mass is 9.80. The third-order valence-electron chi connectivity index (χ3n) is 2.16. The van der Waals surface area contributed by atoms with Crippen LogP contribution in [-0.4, -0.2) is 24.2 Å². The molecular weight excluding hydrogens is 196 g/mol. The number of allylic oxidation sites excluding steroid dienone is 1. The van der Waals surface area contributed by atoms with E-state index in [9.17, 15) is 9.59 Å². The molecule has 4 heteroatoms. The van der Waals surface area contributed by atoms with Crippen molar-refractivity contribution >= 4 is 11.9 Å². The Morgan fingerprint density at radius 1 is 1.67 bits per heavy atom. The van der Waals surface area contributed by atoms with Crippen LogP contribution in [0.3, 0.4) is 0 Å². The van der Waals surface area contributed by atoms with Gasteiger partial charge in [-0.1, -0.05) is 6.08 Å². The summed E-state index contributed by atoms with van der Waals surface area (Å²) in [6.45, 7) is 3.47. The summed E-state index contributed by atoms with van der Waals surface area (Å²) in [5.74, 6) is 0.132. The molecule has 0 aromatic heterocycles. The number of carboxylic acid groups (broad SMARTS) is 1. The van der Waals surface area contributed by atoms with E-state index in [4.69, 9.17) is 11.5 Å². The molecule has 1 atom stereocenters. The van der Waals surface area contributed by atoms with Crippen molar-refractivity contribution in [3.63, 3.8) is 0 Å². The second kappa shape index (κ2) is 5.86. The van der Waals surface area contributed by atoms with Gasteiger partial charge in [-0.3, -0.25) is 9.59 Å². The molecule has 0 bridgehead atoms. The molecule has 0 aliphatic heterocycles. The molecule has 0 radical (unpaired) electrons. The van der Waals surface area contributed by atoms with Gasteiger partial charge >= 0.3 is 11.9 Å². The third kappa shape index (κ3) is 2.84. The standard InChI is InChI=1S/C11H14O4/c1-4-6-8-11(7-5-2,9(12)13)10(14)15-3/h2,4H,1,6-8H2,3H3,(H,12,13). The number of carbonyl (C=O) groups excluding carboxylic acids is 1. The summed E-state index contributed by atoms with van der Waals surface area (Å²) < 4.78 is 4.48. The number of carbonyl (C=O) groups is 2. The van der Waals surface area contributed by atoms with Gasteiger partial charge in [0.05, 0.1) is 7.11 Å². The number of rotatable bonds is 6. The fourth-order valence-corrected chi connectivity index (χ4v) is 1.25. The number of esters is 1. The predicted octanol–water partition coefficient (Wildman–Crippen LogP) is 1.22. The Morgan fingerprint density at radius 2 is 2.27 bits per heavy atom. The molecule has 0 aliphatic rings. The zero-order valence-electron chi connectivity index (χ0n) is 8.66. The first kappa shape index (κ1) is 13.2. The third-order valence-corrected chi connectivity index (χ3v) is 2.16. The van der Waals surface area contributed by atoms with Crippen LogP contribution >= 0.6 is 0 Å². The molecule has 0 saturated heterocycles. The molecule has 0 aromatic carbocycles. The molecule has 0 rings (SSSR count). The number of hydrogen-bond acceptors (Lipinski definition) is 3. The van der Waals surface area contributed by atoms with E-state index in [-0.39, 0.29) is 12.8 Å². The Labute approximate surface area is 88.9 Å². The molecule has 82 valence electrons. The summed E-state index contributed by atoms with van der Waals surface area (Å²) in [6, 6.07) is 0. The van der Waals surface area contributed by atoms with Crippen LogP contribution < -0.4 is 0 Å². The minimum absolute atomic E-state index is 0.0999. The maximum absolute atomic E-state index is 11.4. The highest BCUT2D eigenvalue weighted by molar-refractivity contribution is 5.99. The normalized spacial score (nSPS) is 13.3. The lowest BCUT2D eigenvalue weighted by Gasteiger charge is -2.23. The summed E-state index contributed by atoms with van der Waals surface area (Å²) >= 11 is 0. The average molecular weight is 210 g/mol. The molecule has 0 fully saturated rings. The Bertz CT molecular complexity index is 300. The number of terminal acetylenes is 1. The van der Waals surface area contributed by atoms with E-state index < -0.39 is 17.4 Å². The highest BCUT2D eigenvalue weighted by atomic mass is 16.5. The second-order valence-electron chi connectivity index (χ2n) is 3.09. The highest BCUT2D eigenvalue weighted by Gasteiger charge is 2.46. The van der Waals surface area contributed by atoms with Crippen LogP contribution in [0.25, 0.3) is 0 Å². The van der Waals surface area contributed by atoms with E-state index >= 15 is 0 Å². The van der Waals surface area contributed by atoms with Gasteiger partial charge in [0.25, 0.3) is 0 Å². The molecule has 0 aliphatic carbocycles. The molecule has 1 unspecified atom stereocenters. The summed E-state index contributed by atoms with van der Waals surface area (Å²) in [6.07, 6.45) is 6.92. The van der Waals surface area contributed by atoms with Gasteiger partial charge in [0.2, 0.25) is 0 Å². The molecule has 0 heterocycles. The van der Waals surface area contributed by atoms with Gasteiger partial charge in [-0.2, -0.15) is 0 Å². The van der Waals surface area contributed by atoms with E-state index in [0.29, 0.717) is 6.42 Å². The van der Waals surface area contributed by atoms with Crippen LogP contribution in [0.5, 0.6) is 0 Å². The number of hydrogen-bond donors (Lipinski definition) is 1. The fraction of sp³-hybridized carbons (Fsp3) is 0.455. The maximum Gasteiger partial charge on any atom is 0.324 e. The van der Waals surface area contributed by atoms with Crippen molar-refractivity contribution in [3.05, 3.63) is 12.7 Å². The Hall–Kier alpha value is -1.76. The van der Waals surface area contributed by atoms with Crippen LogP contribution in [0.15, 0.2) is 12.7 Å². The van der Waals surface area contributed by atoms with Crippen LogP contribution in [0, 0.1) is 17.8 Å². The van der Waals surface area contributed by atoms with Crippen LogP contribution in [-0.2, 0) is 14.3 Å². The van der Waals surface area contributed by atoms with E-state index in [1.54, 1.807) is 0 Å². The van der Waals surface area contributed by atoms with Crippen molar-refractivity contribution in [1.29, 1.82) is 0 Å². The summed E-state index contributed by atoms with van der Waals surface area (Å²) in [5, 5.41) is 9.05. The Kier molecular flexibility index (Phi) is 5.18. The molecule has 0 aromatic rings. The zero-order valence-corrected chi connectivity index (χ0v) is 8.66. The van der Waals surface area contributed by atoms with Gasteiger partial charge < -0.3 is 9.84 Å².